The molecule has 0 fully saturated rings. The predicted octanol–water partition coefficient (Wildman–Crippen LogP) is 2.46. The van der Waals surface area contributed by atoms with Crippen molar-refractivity contribution in [2.75, 3.05) is 6.61 Å². The van der Waals surface area contributed by atoms with Gasteiger partial charge in [0.25, 0.3) is 0 Å². The fourth-order valence-corrected chi connectivity index (χ4v) is 1.29. The fraction of sp³-hybridized carbons (Fsp3) is 0.273. The first-order valence-corrected chi connectivity index (χ1v) is 5.49. The maximum atomic E-state index is 11.4. The number of ether oxygens (including phenoxy) is 1. The average Bonchev–Trinajstić information content (AvgIpc) is 2.37. The highest BCUT2D eigenvalue weighted by Crippen LogP contribution is 2.19. The molecule has 18 heavy (non-hydrogen) atoms. The zero-order valence-corrected chi connectivity index (χ0v) is 10.6. The summed E-state index contributed by atoms with van der Waals surface area (Å²) in [5, 5.41) is 9.99. The Bertz CT molecular complexity index is 496. The van der Waals surface area contributed by atoms with E-state index in [9.17, 15) is 14.9 Å². The van der Waals surface area contributed by atoms with Gasteiger partial charge >= 0.3 is 11.1 Å². The van der Waals surface area contributed by atoms with Gasteiger partial charge in [-0.1, -0.05) is 0 Å². The smallest absolute Gasteiger partial charge is 0.342 e. The Kier molecular flexibility index (Phi) is 4.79. The second-order valence-electron chi connectivity index (χ2n) is 3.33. The summed E-state index contributed by atoms with van der Waals surface area (Å²) in [4.78, 5) is 25.1. The van der Waals surface area contributed by atoms with Crippen molar-refractivity contribution in [2.45, 2.75) is 13.8 Å². The van der Waals surface area contributed by atoms with Gasteiger partial charge in [0.15, 0.2) is 0 Å². The zero-order valence-electron chi connectivity index (χ0n) is 9.84. The van der Waals surface area contributed by atoms with Crippen molar-refractivity contribution in [3.05, 3.63) is 44.9 Å². The third-order valence-electron chi connectivity index (χ3n) is 2.13. The minimum absolute atomic E-state index is 0.233. The second-order valence-corrected chi connectivity index (χ2v) is 3.68. The van der Waals surface area contributed by atoms with Crippen LogP contribution in [0.4, 0.5) is 0 Å². The van der Waals surface area contributed by atoms with Crippen LogP contribution in [0.1, 0.15) is 29.9 Å². The summed E-state index contributed by atoms with van der Waals surface area (Å²) in [5.74, 6) is -0.487. The van der Waals surface area contributed by atoms with Crippen LogP contribution in [0.25, 0.3) is 5.57 Å². The minimum Gasteiger partial charge on any atom is -0.462 e. The Morgan fingerprint density at radius 2 is 2.22 bits per heavy atom. The number of carbonyl (C=O) groups is 1. The topological polar surface area (TPSA) is 82.3 Å². The first-order chi connectivity index (χ1) is 8.47. The lowest BCUT2D eigenvalue weighted by Gasteiger charge is -2.03. The monoisotopic (exact) mass is 270 g/mol. The molecule has 0 amide bonds. The van der Waals surface area contributed by atoms with Gasteiger partial charge in [0.05, 0.1) is 28.4 Å². The lowest BCUT2D eigenvalue weighted by atomic mass is 10.2. The Morgan fingerprint density at radius 1 is 1.56 bits per heavy atom. The number of nitro groups is 1. The molecule has 1 rings (SSSR count). The molecule has 0 atom stereocenters. The van der Waals surface area contributed by atoms with E-state index in [4.69, 9.17) is 16.3 Å². The maximum absolute atomic E-state index is 11.4. The van der Waals surface area contributed by atoms with Crippen LogP contribution in [0.5, 0.6) is 0 Å². The zero-order chi connectivity index (χ0) is 13.7. The second kappa shape index (κ2) is 6.11. The number of carbonyl (C=O) groups excluding carboxylic acids is 1. The van der Waals surface area contributed by atoms with Crippen molar-refractivity contribution in [3.63, 3.8) is 0 Å². The third kappa shape index (κ3) is 3.27. The number of halogens is 1. The molecule has 7 heteroatoms. The lowest BCUT2D eigenvalue weighted by molar-refractivity contribution is -0.411. The van der Waals surface area contributed by atoms with Gasteiger partial charge in [-0.25, -0.2) is 4.79 Å². The van der Waals surface area contributed by atoms with Gasteiger partial charge in [0.2, 0.25) is 0 Å². The Hall–Kier alpha value is -1.95. The highest BCUT2D eigenvalue weighted by Gasteiger charge is 2.15. The van der Waals surface area contributed by atoms with E-state index < -0.39 is 16.0 Å². The van der Waals surface area contributed by atoms with E-state index in [2.05, 4.69) is 4.98 Å². The molecule has 0 saturated heterocycles. The highest BCUT2D eigenvalue weighted by atomic mass is 35.5. The highest BCUT2D eigenvalue weighted by molar-refractivity contribution is 6.30. The van der Waals surface area contributed by atoms with E-state index in [1.165, 1.54) is 25.3 Å². The summed E-state index contributed by atoms with van der Waals surface area (Å²) >= 11 is 5.50. The summed E-state index contributed by atoms with van der Waals surface area (Å²) in [5.41, 5.74) is 0.854. The van der Waals surface area contributed by atoms with Crippen molar-refractivity contribution >= 4 is 23.1 Å². The molecule has 1 aromatic heterocycles. The fourth-order valence-electron chi connectivity index (χ4n) is 1.19. The standard InChI is InChI=1S/C11H11ClN2O4/c1-3-18-11(15)8-4-5-9(13-6-8)7(2)10(12)14(16)17/h4-6H,3H2,1-2H3/b10-7+. The van der Waals surface area contributed by atoms with Crippen molar-refractivity contribution in [1.82, 2.24) is 4.98 Å². The van der Waals surface area contributed by atoms with Crippen molar-refractivity contribution in [1.29, 1.82) is 0 Å². The van der Waals surface area contributed by atoms with Crippen LogP contribution in [0.15, 0.2) is 23.5 Å². The number of pyridine rings is 1. The Labute approximate surface area is 108 Å². The van der Waals surface area contributed by atoms with E-state index >= 15 is 0 Å². The molecule has 0 bridgehead atoms. The predicted molar refractivity (Wildman–Crippen MR) is 65.6 cm³/mol. The SMILES string of the molecule is CCOC(=O)c1ccc(/C(C)=C(\Cl)[N+](=O)[O-])nc1. The summed E-state index contributed by atoms with van der Waals surface area (Å²) in [7, 11) is 0. The van der Waals surface area contributed by atoms with Crippen LogP contribution in [-0.2, 0) is 4.74 Å². The third-order valence-corrected chi connectivity index (χ3v) is 2.55. The molecular formula is C11H11ClN2O4. The number of esters is 1. The van der Waals surface area contributed by atoms with E-state index in [-0.39, 0.29) is 17.7 Å². The molecule has 0 aromatic carbocycles. The molecule has 0 aliphatic rings. The molecule has 1 aromatic rings. The number of nitrogens with zero attached hydrogens (tertiary/aromatic N) is 2. The van der Waals surface area contributed by atoms with Crippen LogP contribution in [0.2, 0.25) is 0 Å². The summed E-state index contributed by atoms with van der Waals surface area (Å²) in [6.45, 7) is 3.45. The van der Waals surface area contributed by atoms with Gasteiger partial charge in [0.1, 0.15) is 0 Å². The van der Waals surface area contributed by atoms with Gasteiger partial charge in [-0.2, -0.15) is 0 Å². The van der Waals surface area contributed by atoms with Crippen LogP contribution in [-0.4, -0.2) is 22.5 Å². The molecule has 0 spiro atoms. The quantitative estimate of drug-likeness (QED) is 0.363. The molecule has 0 radical (unpaired) electrons. The van der Waals surface area contributed by atoms with Crippen molar-refractivity contribution < 1.29 is 14.5 Å². The number of hydrogen-bond donors (Lipinski definition) is 0. The summed E-state index contributed by atoms with van der Waals surface area (Å²) in [6.07, 6.45) is 1.29. The van der Waals surface area contributed by atoms with Gasteiger partial charge in [-0.3, -0.25) is 15.1 Å². The largest absolute Gasteiger partial charge is 0.462 e. The van der Waals surface area contributed by atoms with Gasteiger partial charge in [0, 0.05) is 6.20 Å². The first kappa shape index (κ1) is 14.1. The van der Waals surface area contributed by atoms with E-state index in [0.717, 1.165) is 0 Å². The molecule has 96 valence electrons. The Morgan fingerprint density at radius 3 is 2.67 bits per heavy atom. The molecule has 0 saturated carbocycles. The summed E-state index contributed by atoms with van der Waals surface area (Å²) < 4.78 is 4.79. The molecule has 0 unspecified atom stereocenters. The van der Waals surface area contributed by atoms with Crippen LogP contribution < -0.4 is 0 Å². The Balaban J connectivity index is 3.00. The number of hydrogen-bond acceptors (Lipinski definition) is 5. The minimum atomic E-state index is -0.697. The van der Waals surface area contributed by atoms with Crippen LogP contribution in [0.3, 0.4) is 0 Å². The first-order valence-electron chi connectivity index (χ1n) is 5.11. The number of rotatable bonds is 4. The molecule has 0 N–H and O–H groups in total. The number of allylic oxidation sites excluding steroid dienone is 1. The maximum Gasteiger partial charge on any atom is 0.342 e. The molecular weight excluding hydrogens is 260 g/mol. The molecule has 0 aliphatic carbocycles. The molecule has 6 nitrogen and oxygen atoms in total. The summed E-state index contributed by atoms with van der Waals surface area (Å²) in [6, 6.07) is 2.96. The molecule has 0 aliphatic heterocycles. The molecule has 1 heterocycles. The average molecular weight is 271 g/mol. The van der Waals surface area contributed by atoms with Crippen molar-refractivity contribution in [2.24, 2.45) is 0 Å². The number of aromatic nitrogens is 1. The van der Waals surface area contributed by atoms with Gasteiger partial charge in [-0.05, 0) is 37.6 Å². The van der Waals surface area contributed by atoms with E-state index in [1.807, 2.05) is 0 Å². The van der Waals surface area contributed by atoms with Gasteiger partial charge < -0.3 is 4.74 Å². The van der Waals surface area contributed by atoms with Crippen LogP contribution >= 0.6 is 11.6 Å². The van der Waals surface area contributed by atoms with E-state index in [1.54, 1.807) is 6.92 Å². The normalized spacial score (nSPS) is 11.7. The lowest BCUT2D eigenvalue weighted by Crippen LogP contribution is -2.05. The van der Waals surface area contributed by atoms with Crippen LogP contribution in [0, 0.1) is 10.1 Å². The van der Waals surface area contributed by atoms with E-state index in [0.29, 0.717) is 5.69 Å². The van der Waals surface area contributed by atoms with Crippen molar-refractivity contribution in [3.8, 4) is 0 Å². The van der Waals surface area contributed by atoms with Gasteiger partial charge in [-0.15, -0.1) is 0 Å².